The molecule has 0 radical (unpaired) electrons. The van der Waals surface area contributed by atoms with Gasteiger partial charge >= 0.3 is 6.36 Å². The average molecular weight is 304 g/mol. The van der Waals surface area contributed by atoms with Gasteiger partial charge < -0.3 is 14.9 Å². The van der Waals surface area contributed by atoms with Crippen LogP contribution in [0, 0.1) is 0 Å². The summed E-state index contributed by atoms with van der Waals surface area (Å²) in [6.45, 7) is 0. The maximum atomic E-state index is 12.2. The van der Waals surface area contributed by atoms with Gasteiger partial charge in [0.05, 0.1) is 5.60 Å². The van der Waals surface area contributed by atoms with E-state index in [4.69, 9.17) is 0 Å². The molecule has 1 aliphatic rings. The number of benzene rings is 1. The molecule has 1 fully saturated rings. The van der Waals surface area contributed by atoms with Gasteiger partial charge in [0.2, 0.25) is 0 Å². The molecule has 0 saturated heterocycles. The molecular formula is C15H19F3O3. The van der Waals surface area contributed by atoms with E-state index in [1.54, 1.807) is 0 Å². The topological polar surface area (TPSA) is 49.7 Å². The second-order valence-corrected chi connectivity index (χ2v) is 5.54. The Bertz CT molecular complexity index is 465. The lowest BCUT2D eigenvalue weighted by Gasteiger charge is -2.32. The third-order valence-corrected chi connectivity index (χ3v) is 3.89. The fourth-order valence-electron chi connectivity index (χ4n) is 2.81. The Balaban J connectivity index is 2.18. The summed E-state index contributed by atoms with van der Waals surface area (Å²) in [5.74, 6) is -0.392. The van der Waals surface area contributed by atoms with Crippen LogP contribution in [0.2, 0.25) is 0 Å². The number of halogens is 3. The number of hydrogen-bond donors (Lipinski definition) is 2. The Morgan fingerprint density at radius 1 is 1.10 bits per heavy atom. The van der Waals surface area contributed by atoms with Crippen LogP contribution in [0.25, 0.3) is 0 Å². The van der Waals surface area contributed by atoms with E-state index in [0.717, 1.165) is 31.7 Å². The lowest BCUT2D eigenvalue weighted by molar-refractivity contribution is -0.274. The molecule has 2 N–H and O–H groups in total. The number of hydrogen-bond acceptors (Lipinski definition) is 3. The summed E-state index contributed by atoms with van der Waals surface area (Å²) in [6, 6.07) is 5.16. The summed E-state index contributed by atoms with van der Waals surface area (Å²) in [4.78, 5) is 0. The standard InChI is InChI=1S/C15H19F3O3/c16-15(17,18)21-12-7-5-6-11(10-12)13(19)14(20)8-3-1-2-4-9-14/h5-7,10,13,19-20H,1-4,8-9H2. The highest BCUT2D eigenvalue weighted by molar-refractivity contribution is 5.31. The van der Waals surface area contributed by atoms with Crippen LogP contribution in [-0.2, 0) is 0 Å². The van der Waals surface area contributed by atoms with Crippen LogP contribution in [0.1, 0.15) is 50.2 Å². The van der Waals surface area contributed by atoms with Crippen LogP contribution in [0.5, 0.6) is 5.75 Å². The van der Waals surface area contributed by atoms with E-state index in [2.05, 4.69) is 4.74 Å². The van der Waals surface area contributed by atoms with E-state index in [-0.39, 0.29) is 5.56 Å². The van der Waals surface area contributed by atoms with Gasteiger partial charge in [-0.25, -0.2) is 0 Å². The van der Waals surface area contributed by atoms with Crippen molar-refractivity contribution in [2.75, 3.05) is 0 Å². The molecule has 1 unspecified atom stereocenters. The molecule has 1 aliphatic carbocycles. The first-order valence-electron chi connectivity index (χ1n) is 7.06. The molecule has 6 heteroatoms. The van der Waals surface area contributed by atoms with Crippen LogP contribution in [0.3, 0.4) is 0 Å². The second-order valence-electron chi connectivity index (χ2n) is 5.54. The monoisotopic (exact) mass is 304 g/mol. The quantitative estimate of drug-likeness (QED) is 0.837. The summed E-state index contributed by atoms with van der Waals surface area (Å²) in [5.41, 5.74) is -1.05. The summed E-state index contributed by atoms with van der Waals surface area (Å²) in [5, 5.41) is 20.9. The molecule has 0 heterocycles. The number of alkyl halides is 3. The van der Waals surface area contributed by atoms with Crippen molar-refractivity contribution in [3.63, 3.8) is 0 Å². The van der Waals surface area contributed by atoms with E-state index in [9.17, 15) is 23.4 Å². The molecule has 1 aromatic rings. The molecule has 2 rings (SSSR count). The minimum atomic E-state index is -4.78. The predicted molar refractivity (Wildman–Crippen MR) is 70.7 cm³/mol. The van der Waals surface area contributed by atoms with Gasteiger partial charge in [0.15, 0.2) is 0 Å². The molecule has 0 aliphatic heterocycles. The van der Waals surface area contributed by atoms with Crippen LogP contribution < -0.4 is 4.74 Å². The van der Waals surface area contributed by atoms with Crippen molar-refractivity contribution in [3.8, 4) is 5.75 Å². The third-order valence-electron chi connectivity index (χ3n) is 3.89. The first kappa shape index (κ1) is 16.1. The molecule has 0 aromatic heterocycles. The molecule has 1 atom stereocenters. The summed E-state index contributed by atoms with van der Waals surface area (Å²) in [6.07, 6.45) is -1.52. The Hall–Kier alpha value is -1.27. The zero-order valence-electron chi connectivity index (χ0n) is 11.6. The number of ether oxygens (including phenoxy) is 1. The van der Waals surface area contributed by atoms with Crippen molar-refractivity contribution >= 4 is 0 Å². The average Bonchev–Trinajstić information content (AvgIpc) is 2.62. The van der Waals surface area contributed by atoms with Gasteiger partial charge in [0, 0.05) is 0 Å². The van der Waals surface area contributed by atoms with Crippen molar-refractivity contribution in [3.05, 3.63) is 29.8 Å². The molecule has 0 amide bonds. The maximum absolute atomic E-state index is 12.2. The molecule has 118 valence electrons. The molecule has 3 nitrogen and oxygen atoms in total. The fourth-order valence-corrected chi connectivity index (χ4v) is 2.81. The SMILES string of the molecule is OC(c1cccc(OC(F)(F)F)c1)C1(O)CCCCCC1. The zero-order chi connectivity index (χ0) is 15.5. The minimum Gasteiger partial charge on any atom is -0.406 e. The van der Waals surface area contributed by atoms with Crippen LogP contribution >= 0.6 is 0 Å². The van der Waals surface area contributed by atoms with Crippen molar-refractivity contribution < 1.29 is 28.1 Å². The van der Waals surface area contributed by atoms with Gasteiger partial charge in [-0.2, -0.15) is 0 Å². The maximum Gasteiger partial charge on any atom is 0.573 e. The summed E-state index contributed by atoms with van der Waals surface area (Å²) in [7, 11) is 0. The number of aliphatic hydroxyl groups is 2. The van der Waals surface area contributed by atoms with E-state index in [0.29, 0.717) is 12.8 Å². The van der Waals surface area contributed by atoms with Gasteiger partial charge in [-0.1, -0.05) is 37.8 Å². The first-order valence-corrected chi connectivity index (χ1v) is 7.06. The Kier molecular flexibility index (Phi) is 4.78. The molecule has 1 aromatic carbocycles. The van der Waals surface area contributed by atoms with Gasteiger partial charge in [-0.05, 0) is 30.5 Å². The Morgan fingerprint density at radius 3 is 2.29 bits per heavy atom. The number of rotatable bonds is 3. The van der Waals surface area contributed by atoms with E-state index in [1.807, 2.05) is 0 Å². The van der Waals surface area contributed by atoms with Gasteiger partial charge in [-0.3, -0.25) is 0 Å². The predicted octanol–water partition coefficient (Wildman–Crippen LogP) is 3.70. The lowest BCUT2D eigenvalue weighted by Crippen LogP contribution is -2.35. The van der Waals surface area contributed by atoms with Crippen molar-refractivity contribution in [2.45, 2.75) is 56.6 Å². The molecular weight excluding hydrogens is 285 g/mol. The molecule has 1 saturated carbocycles. The largest absolute Gasteiger partial charge is 0.573 e. The highest BCUT2D eigenvalue weighted by Gasteiger charge is 2.37. The van der Waals surface area contributed by atoms with Crippen LogP contribution in [0.15, 0.2) is 24.3 Å². The minimum absolute atomic E-state index is 0.237. The molecule has 0 bridgehead atoms. The van der Waals surface area contributed by atoms with Crippen molar-refractivity contribution in [1.29, 1.82) is 0 Å². The fraction of sp³-hybridized carbons (Fsp3) is 0.600. The van der Waals surface area contributed by atoms with Crippen LogP contribution in [0.4, 0.5) is 13.2 Å². The Labute approximate surface area is 121 Å². The Morgan fingerprint density at radius 2 is 1.71 bits per heavy atom. The van der Waals surface area contributed by atoms with E-state index in [1.165, 1.54) is 18.2 Å². The second kappa shape index (κ2) is 6.23. The summed E-state index contributed by atoms with van der Waals surface area (Å²) >= 11 is 0. The van der Waals surface area contributed by atoms with Crippen molar-refractivity contribution in [1.82, 2.24) is 0 Å². The van der Waals surface area contributed by atoms with E-state index >= 15 is 0 Å². The first-order chi connectivity index (χ1) is 9.80. The smallest absolute Gasteiger partial charge is 0.406 e. The third kappa shape index (κ3) is 4.35. The van der Waals surface area contributed by atoms with Crippen molar-refractivity contribution in [2.24, 2.45) is 0 Å². The van der Waals surface area contributed by atoms with Gasteiger partial charge in [0.1, 0.15) is 11.9 Å². The summed E-state index contributed by atoms with van der Waals surface area (Å²) < 4.78 is 40.5. The zero-order valence-corrected chi connectivity index (χ0v) is 11.6. The van der Waals surface area contributed by atoms with Gasteiger partial charge in [-0.15, -0.1) is 13.2 Å². The van der Waals surface area contributed by atoms with E-state index < -0.39 is 23.8 Å². The lowest BCUT2D eigenvalue weighted by atomic mass is 9.84. The normalized spacial score (nSPS) is 20.6. The van der Waals surface area contributed by atoms with Crippen LogP contribution in [-0.4, -0.2) is 22.2 Å². The van der Waals surface area contributed by atoms with Gasteiger partial charge in [0.25, 0.3) is 0 Å². The highest BCUT2D eigenvalue weighted by atomic mass is 19.4. The highest BCUT2D eigenvalue weighted by Crippen LogP contribution is 2.38. The molecule has 21 heavy (non-hydrogen) atoms. The molecule has 0 spiro atoms. The number of aliphatic hydroxyl groups excluding tert-OH is 1.